The molecule has 0 aromatic heterocycles. The molecule has 2 saturated heterocycles. The number of morpholine rings is 1. The van der Waals surface area contributed by atoms with Crippen molar-refractivity contribution in [2.24, 2.45) is 0 Å². The Morgan fingerprint density at radius 2 is 1.75 bits per heavy atom. The van der Waals surface area contributed by atoms with Crippen LogP contribution < -0.4 is 5.32 Å². The van der Waals surface area contributed by atoms with Crippen molar-refractivity contribution in [3.05, 3.63) is 71.0 Å². The molecule has 7 heteroatoms. The van der Waals surface area contributed by atoms with E-state index in [1.807, 2.05) is 29.2 Å². The molecule has 1 N–H and O–H groups in total. The summed E-state index contributed by atoms with van der Waals surface area (Å²) in [5.41, 5.74) is 1.70. The first kappa shape index (κ1) is 22.4. The average molecular weight is 440 g/mol. The summed E-state index contributed by atoms with van der Waals surface area (Å²) in [6, 6.07) is 13.7. The van der Waals surface area contributed by atoms with E-state index in [-0.39, 0.29) is 29.9 Å². The fourth-order valence-electron chi connectivity index (χ4n) is 4.23. The first-order valence-corrected chi connectivity index (χ1v) is 10.9. The standard InChI is InChI=1S/C25H30FN3O3/c1-24(2,3)18-7-9-19(10-8-18)25(4)22(30)29(23(31)27-25)16-28-13-14-32-21(15-28)17-5-11-20(26)12-6-17/h5-12,21H,13-16H2,1-4H3,(H,27,31). The zero-order chi connectivity index (χ0) is 23.1. The van der Waals surface area contributed by atoms with E-state index in [4.69, 9.17) is 4.74 Å². The molecule has 3 amide bonds. The molecule has 6 nitrogen and oxygen atoms in total. The summed E-state index contributed by atoms with van der Waals surface area (Å²) in [5.74, 6) is -0.564. The van der Waals surface area contributed by atoms with Crippen molar-refractivity contribution in [1.29, 1.82) is 0 Å². The highest BCUT2D eigenvalue weighted by atomic mass is 19.1. The molecule has 2 aromatic carbocycles. The van der Waals surface area contributed by atoms with Crippen LogP contribution >= 0.6 is 0 Å². The monoisotopic (exact) mass is 439 g/mol. The SMILES string of the molecule is CC(C)(C)c1ccc(C2(C)NC(=O)N(CN3CCOC(c4ccc(F)cc4)C3)C2=O)cc1. The highest BCUT2D eigenvalue weighted by Crippen LogP contribution is 2.32. The Morgan fingerprint density at radius 1 is 1.09 bits per heavy atom. The van der Waals surface area contributed by atoms with Crippen LogP contribution in [0.15, 0.2) is 48.5 Å². The smallest absolute Gasteiger partial charge is 0.326 e. The topological polar surface area (TPSA) is 61.9 Å². The molecule has 2 heterocycles. The highest BCUT2D eigenvalue weighted by molar-refractivity contribution is 6.07. The minimum Gasteiger partial charge on any atom is -0.371 e. The van der Waals surface area contributed by atoms with Crippen LogP contribution in [-0.4, -0.2) is 48.1 Å². The van der Waals surface area contributed by atoms with Gasteiger partial charge in [-0.05, 0) is 41.2 Å². The van der Waals surface area contributed by atoms with Crippen molar-refractivity contribution in [1.82, 2.24) is 15.1 Å². The van der Waals surface area contributed by atoms with E-state index >= 15 is 0 Å². The van der Waals surface area contributed by atoms with E-state index in [9.17, 15) is 14.0 Å². The molecule has 0 aliphatic carbocycles. The van der Waals surface area contributed by atoms with Gasteiger partial charge in [0, 0.05) is 13.1 Å². The van der Waals surface area contributed by atoms with Gasteiger partial charge in [0.2, 0.25) is 0 Å². The van der Waals surface area contributed by atoms with Crippen LogP contribution in [0.2, 0.25) is 0 Å². The molecule has 0 radical (unpaired) electrons. The Hall–Kier alpha value is -2.77. The van der Waals surface area contributed by atoms with Crippen LogP contribution in [0.1, 0.15) is 50.5 Å². The summed E-state index contributed by atoms with van der Waals surface area (Å²) in [6.07, 6.45) is -0.235. The van der Waals surface area contributed by atoms with Gasteiger partial charge in [-0.3, -0.25) is 9.69 Å². The minimum absolute atomic E-state index is 0.00575. The van der Waals surface area contributed by atoms with Gasteiger partial charge >= 0.3 is 6.03 Å². The summed E-state index contributed by atoms with van der Waals surface area (Å²) in [4.78, 5) is 29.4. The predicted octanol–water partition coefficient (Wildman–Crippen LogP) is 3.92. The summed E-state index contributed by atoms with van der Waals surface area (Å²) < 4.78 is 19.1. The Balaban J connectivity index is 1.47. The van der Waals surface area contributed by atoms with Gasteiger partial charge in [0.05, 0.1) is 19.4 Å². The summed E-state index contributed by atoms with van der Waals surface area (Å²) >= 11 is 0. The molecular weight excluding hydrogens is 409 g/mol. The molecule has 170 valence electrons. The van der Waals surface area contributed by atoms with Gasteiger partial charge in [-0.1, -0.05) is 57.2 Å². The molecule has 32 heavy (non-hydrogen) atoms. The molecule has 2 aliphatic rings. The van der Waals surface area contributed by atoms with Crippen LogP contribution in [0.4, 0.5) is 9.18 Å². The lowest BCUT2D eigenvalue weighted by molar-refractivity contribution is -0.134. The van der Waals surface area contributed by atoms with Gasteiger partial charge in [0.25, 0.3) is 5.91 Å². The van der Waals surface area contributed by atoms with E-state index in [0.29, 0.717) is 19.7 Å². The second-order valence-corrected chi connectivity index (χ2v) is 9.75. The normalized spacial score (nSPS) is 24.7. The first-order valence-electron chi connectivity index (χ1n) is 10.9. The minimum atomic E-state index is -1.10. The van der Waals surface area contributed by atoms with Crippen molar-refractivity contribution >= 4 is 11.9 Å². The fourth-order valence-corrected chi connectivity index (χ4v) is 4.23. The predicted molar refractivity (Wildman–Crippen MR) is 119 cm³/mol. The van der Waals surface area contributed by atoms with Gasteiger partial charge in [0.1, 0.15) is 11.4 Å². The van der Waals surface area contributed by atoms with E-state index in [0.717, 1.165) is 11.1 Å². The zero-order valence-corrected chi connectivity index (χ0v) is 19.0. The summed E-state index contributed by atoms with van der Waals surface area (Å²) in [6.45, 7) is 9.92. The molecule has 2 unspecified atom stereocenters. The lowest BCUT2D eigenvalue weighted by atomic mass is 9.84. The molecule has 2 aliphatic heterocycles. The maximum Gasteiger partial charge on any atom is 0.326 e. The van der Waals surface area contributed by atoms with Gasteiger partial charge in [-0.25, -0.2) is 14.1 Å². The average Bonchev–Trinajstić information content (AvgIpc) is 2.98. The number of urea groups is 1. The second-order valence-electron chi connectivity index (χ2n) is 9.75. The van der Waals surface area contributed by atoms with Crippen LogP contribution in [0.25, 0.3) is 0 Å². The van der Waals surface area contributed by atoms with Crippen LogP contribution in [-0.2, 0) is 20.5 Å². The fraction of sp³-hybridized carbons (Fsp3) is 0.440. The Morgan fingerprint density at radius 3 is 2.38 bits per heavy atom. The maximum absolute atomic E-state index is 13.3. The molecule has 2 fully saturated rings. The lowest BCUT2D eigenvalue weighted by Gasteiger charge is -2.35. The number of nitrogens with one attached hydrogen (secondary N) is 1. The number of nitrogens with zero attached hydrogens (tertiary/aromatic N) is 2. The largest absolute Gasteiger partial charge is 0.371 e. The number of rotatable bonds is 4. The number of halogens is 1. The lowest BCUT2D eigenvalue weighted by Crippen LogP contribution is -2.48. The number of amides is 3. The number of hydrogen-bond donors (Lipinski definition) is 1. The van der Waals surface area contributed by atoms with E-state index < -0.39 is 11.6 Å². The number of benzene rings is 2. The zero-order valence-electron chi connectivity index (χ0n) is 19.0. The number of hydrogen-bond acceptors (Lipinski definition) is 4. The van der Waals surface area contributed by atoms with Crippen LogP contribution in [0.5, 0.6) is 0 Å². The van der Waals surface area contributed by atoms with Crippen molar-refractivity contribution < 1.29 is 18.7 Å². The van der Waals surface area contributed by atoms with Crippen molar-refractivity contribution in [3.63, 3.8) is 0 Å². The van der Waals surface area contributed by atoms with Gasteiger partial charge < -0.3 is 10.1 Å². The van der Waals surface area contributed by atoms with Crippen LogP contribution in [0, 0.1) is 5.82 Å². The Labute approximate surface area is 188 Å². The molecular formula is C25H30FN3O3. The third-order valence-electron chi connectivity index (χ3n) is 6.34. The van der Waals surface area contributed by atoms with Crippen molar-refractivity contribution in [2.75, 3.05) is 26.4 Å². The number of imide groups is 1. The molecule has 0 spiro atoms. The molecule has 0 bridgehead atoms. The number of carbonyl (C=O) groups excluding carboxylic acids is 2. The van der Waals surface area contributed by atoms with E-state index in [1.54, 1.807) is 19.1 Å². The van der Waals surface area contributed by atoms with E-state index in [2.05, 4.69) is 26.1 Å². The molecule has 2 aromatic rings. The first-order chi connectivity index (χ1) is 15.1. The van der Waals surface area contributed by atoms with Crippen molar-refractivity contribution in [3.8, 4) is 0 Å². The summed E-state index contributed by atoms with van der Waals surface area (Å²) in [7, 11) is 0. The highest BCUT2D eigenvalue weighted by Gasteiger charge is 2.49. The molecule has 2 atom stereocenters. The second kappa shape index (κ2) is 8.30. The Kier molecular flexibility index (Phi) is 5.81. The third-order valence-corrected chi connectivity index (χ3v) is 6.34. The number of carbonyl (C=O) groups is 2. The maximum atomic E-state index is 13.3. The summed E-state index contributed by atoms with van der Waals surface area (Å²) in [5, 5.41) is 2.88. The quantitative estimate of drug-likeness (QED) is 0.734. The molecule has 4 rings (SSSR count). The van der Waals surface area contributed by atoms with Gasteiger partial charge in [-0.15, -0.1) is 0 Å². The van der Waals surface area contributed by atoms with E-state index in [1.165, 1.54) is 22.6 Å². The third kappa shape index (κ3) is 4.27. The molecule has 0 saturated carbocycles. The number of ether oxygens (including phenoxy) is 1. The Bertz CT molecular complexity index is 1000. The van der Waals surface area contributed by atoms with Gasteiger partial charge in [-0.2, -0.15) is 0 Å². The van der Waals surface area contributed by atoms with Crippen molar-refractivity contribution in [2.45, 2.75) is 44.8 Å². The van der Waals surface area contributed by atoms with Gasteiger partial charge in [0.15, 0.2) is 0 Å². The van der Waals surface area contributed by atoms with Crippen LogP contribution in [0.3, 0.4) is 0 Å².